The summed E-state index contributed by atoms with van der Waals surface area (Å²) in [7, 11) is 0. The van der Waals surface area contributed by atoms with Gasteiger partial charge in [0.1, 0.15) is 0 Å². The number of hydrogen-bond acceptors (Lipinski definition) is 3. The number of nitrogens with one attached hydrogen (secondary N) is 1. The predicted octanol–water partition coefficient (Wildman–Crippen LogP) is 2.36. The van der Waals surface area contributed by atoms with E-state index in [1.807, 2.05) is 0 Å². The van der Waals surface area contributed by atoms with Crippen LogP contribution < -0.4 is 0 Å². The van der Waals surface area contributed by atoms with E-state index in [0.717, 1.165) is 18.2 Å². The van der Waals surface area contributed by atoms with Gasteiger partial charge in [-0.3, -0.25) is 4.79 Å². The molecule has 0 aliphatic rings. The van der Waals surface area contributed by atoms with Gasteiger partial charge in [0.05, 0.1) is 11.8 Å². The van der Waals surface area contributed by atoms with E-state index in [9.17, 15) is 18.0 Å². The van der Waals surface area contributed by atoms with Gasteiger partial charge in [0.15, 0.2) is 5.69 Å². The molecular weight excluding hydrogens is 247 g/mol. The van der Waals surface area contributed by atoms with Crippen molar-refractivity contribution in [3.63, 3.8) is 0 Å². The van der Waals surface area contributed by atoms with Crippen molar-refractivity contribution in [3.8, 4) is 0 Å². The van der Waals surface area contributed by atoms with E-state index in [1.165, 1.54) is 13.1 Å². The lowest BCUT2D eigenvalue weighted by Gasteiger charge is -2.09. The number of aromatic nitrogens is 3. The zero-order valence-corrected chi connectivity index (χ0v) is 9.25. The summed E-state index contributed by atoms with van der Waals surface area (Å²) in [5, 5.41) is 9.35. The molecule has 0 radical (unpaired) electrons. The summed E-state index contributed by atoms with van der Waals surface area (Å²) < 4.78 is 37.4. The molecule has 1 heterocycles. The molecule has 0 saturated heterocycles. The molecule has 2 aromatic rings. The summed E-state index contributed by atoms with van der Waals surface area (Å²) in [5.74, 6) is -0.463. The maximum absolute atomic E-state index is 12.5. The van der Waals surface area contributed by atoms with Crippen molar-refractivity contribution in [1.82, 2.24) is 15.4 Å². The monoisotopic (exact) mass is 255 g/mol. The highest BCUT2D eigenvalue weighted by molar-refractivity contribution is 6.08. The van der Waals surface area contributed by atoms with Crippen molar-refractivity contribution < 1.29 is 18.0 Å². The van der Waals surface area contributed by atoms with E-state index in [1.54, 1.807) is 0 Å². The molecule has 1 aromatic carbocycles. The minimum absolute atomic E-state index is 0.0675. The topological polar surface area (TPSA) is 58.6 Å². The molecule has 0 unspecified atom stereocenters. The standard InChI is InChI=1S/C11H8F3N3O/c1-6-4-7(11(12,13)14)2-3-8(6)10(18)9-5-15-17-16-9/h2-5H,1H3,(H,15,16,17). The second-order valence-corrected chi connectivity index (χ2v) is 3.71. The highest BCUT2D eigenvalue weighted by Gasteiger charge is 2.31. The molecule has 18 heavy (non-hydrogen) atoms. The quantitative estimate of drug-likeness (QED) is 0.838. The van der Waals surface area contributed by atoms with Crippen LogP contribution in [0.3, 0.4) is 0 Å². The minimum Gasteiger partial charge on any atom is -0.287 e. The number of hydrogen-bond donors (Lipinski definition) is 1. The predicted molar refractivity (Wildman–Crippen MR) is 56.0 cm³/mol. The first-order valence-electron chi connectivity index (χ1n) is 4.98. The highest BCUT2D eigenvalue weighted by atomic mass is 19.4. The normalized spacial score (nSPS) is 11.6. The Balaban J connectivity index is 2.40. The van der Waals surface area contributed by atoms with Crippen LogP contribution in [-0.4, -0.2) is 21.2 Å². The summed E-state index contributed by atoms with van der Waals surface area (Å²) in [6.45, 7) is 1.45. The van der Waals surface area contributed by atoms with E-state index >= 15 is 0 Å². The van der Waals surface area contributed by atoms with Crippen molar-refractivity contribution in [2.45, 2.75) is 13.1 Å². The number of aromatic amines is 1. The summed E-state index contributed by atoms with van der Waals surface area (Å²) in [6.07, 6.45) is -3.19. The lowest BCUT2D eigenvalue weighted by molar-refractivity contribution is -0.137. The number of halogens is 3. The van der Waals surface area contributed by atoms with Gasteiger partial charge >= 0.3 is 6.18 Å². The van der Waals surface area contributed by atoms with Crippen LogP contribution >= 0.6 is 0 Å². The Kier molecular flexibility index (Phi) is 2.90. The first-order valence-corrected chi connectivity index (χ1v) is 4.98. The molecule has 0 fully saturated rings. The van der Waals surface area contributed by atoms with Crippen LogP contribution in [0, 0.1) is 6.92 Å². The second-order valence-electron chi connectivity index (χ2n) is 3.71. The van der Waals surface area contributed by atoms with Crippen molar-refractivity contribution in [2.24, 2.45) is 0 Å². The summed E-state index contributed by atoms with van der Waals surface area (Å²) in [4.78, 5) is 11.9. The molecule has 0 aliphatic carbocycles. The number of carbonyl (C=O) groups excluding carboxylic acids is 1. The van der Waals surface area contributed by atoms with E-state index in [-0.39, 0.29) is 16.8 Å². The number of H-pyrrole nitrogens is 1. The van der Waals surface area contributed by atoms with Crippen LogP contribution in [0.4, 0.5) is 13.2 Å². The third kappa shape index (κ3) is 2.24. The molecule has 1 aromatic heterocycles. The number of benzene rings is 1. The van der Waals surface area contributed by atoms with Gasteiger partial charge in [0.2, 0.25) is 5.78 Å². The van der Waals surface area contributed by atoms with Crippen LogP contribution in [0.5, 0.6) is 0 Å². The molecule has 0 bridgehead atoms. The van der Waals surface area contributed by atoms with Gasteiger partial charge in [-0.2, -0.15) is 28.6 Å². The maximum atomic E-state index is 12.5. The van der Waals surface area contributed by atoms with Gasteiger partial charge in [-0.05, 0) is 24.6 Å². The van der Waals surface area contributed by atoms with Gasteiger partial charge in [-0.1, -0.05) is 6.07 Å². The SMILES string of the molecule is Cc1cc(C(F)(F)F)ccc1C(=O)c1cn[nH]n1. The third-order valence-corrected chi connectivity index (χ3v) is 2.45. The number of ketones is 1. The molecule has 0 amide bonds. The van der Waals surface area contributed by atoms with Crippen molar-refractivity contribution in [1.29, 1.82) is 0 Å². The third-order valence-electron chi connectivity index (χ3n) is 2.45. The number of nitrogens with zero attached hydrogens (tertiary/aromatic N) is 2. The Labute approximate surface area is 99.8 Å². The fourth-order valence-corrected chi connectivity index (χ4v) is 1.54. The van der Waals surface area contributed by atoms with Gasteiger partial charge in [-0.15, -0.1) is 0 Å². The van der Waals surface area contributed by atoms with E-state index in [2.05, 4.69) is 15.4 Å². The van der Waals surface area contributed by atoms with Gasteiger partial charge < -0.3 is 0 Å². The fraction of sp³-hybridized carbons (Fsp3) is 0.182. The van der Waals surface area contributed by atoms with Crippen LogP contribution in [0.1, 0.15) is 27.2 Å². The Morgan fingerprint density at radius 2 is 2.06 bits per heavy atom. The molecule has 0 atom stereocenters. The van der Waals surface area contributed by atoms with Crippen LogP contribution in [0.15, 0.2) is 24.4 Å². The molecule has 0 saturated carbocycles. The van der Waals surface area contributed by atoms with E-state index in [0.29, 0.717) is 0 Å². The highest BCUT2D eigenvalue weighted by Crippen LogP contribution is 2.30. The van der Waals surface area contributed by atoms with Crippen molar-refractivity contribution in [3.05, 3.63) is 46.8 Å². The smallest absolute Gasteiger partial charge is 0.287 e. The first kappa shape index (κ1) is 12.3. The van der Waals surface area contributed by atoms with Crippen LogP contribution in [0.2, 0.25) is 0 Å². The summed E-state index contributed by atoms with van der Waals surface area (Å²) in [5.41, 5.74) is -0.288. The Hall–Kier alpha value is -2.18. The number of rotatable bonds is 2. The molecular formula is C11H8F3N3O. The first-order chi connectivity index (χ1) is 8.39. The zero-order valence-electron chi connectivity index (χ0n) is 9.25. The Bertz CT molecular complexity index is 576. The number of alkyl halides is 3. The van der Waals surface area contributed by atoms with E-state index in [4.69, 9.17) is 0 Å². The lowest BCUT2D eigenvalue weighted by Crippen LogP contribution is -2.09. The van der Waals surface area contributed by atoms with Gasteiger partial charge in [0.25, 0.3) is 0 Å². The Morgan fingerprint density at radius 1 is 1.33 bits per heavy atom. The molecule has 2 rings (SSSR count). The summed E-state index contributed by atoms with van der Waals surface area (Å²) in [6, 6.07) is 2.96. The average molecular weight is 255 g/mol. The minimum atomic E-state index is -4.42. The molecule has 7 heteroatoms. The van der Waals surface area contributed by atoms with Crippen molar-refractivity contribution >= 4 is 5.78 Å². The molecule has 4 nitrogen and oxygen atoms in total. The number of carbonyl (C=O) groups is 1. The number of aryl methyl sites for hydroxylation is 1. The van der Waals surface area contributed by atoms with E-state index < -0.39 is 17.5 Å². The average Bonchev–Trinajstić information content (AvgIpc) is 2.80. The molecule has 1 N–H and O–H groups in total. The van der Waals surface area contributed by atoms with Gasteiger partial charge in [0, 0.05) is 5.56 Å². The molecule has 0 aliphatic heterocycles. The van der Waals surface area contributed by atoms with Crippen LogP contribution in [-0.2, 0) is 6.18 Å². The van der Waals surface area contributed by atoms with Gasteiger partial charge in [-0.25, -0.2) is 0 Å². The molecule has 94 valence electrons. The fourth-order valence-electron chi connectivity index (χ4n) is 1.54. The van der Waals surface area contributed by atoms with Crippen LogP contribution in [0.25, 0.3) is 0 Å². The lowest BCUT2D eigenvalue weighted by atomic mass is 10.0. The molecule has 0 spiro atoms. The Morgan fingerprint density at radius 3 is 2.56 bits per heavy atom. The zero-order chi connectivity index (χ0) is 13.3. The van der Waals surface area contributed by atoms with Crippen molar-refractivity contribution in [2.75, 3.05) is 0 Å². The maximum Gasteiger partial charge on any atom is 0.416 e. The largest absolute Gasteiger partial charge is 0.416 e. The summed E-state index contributed by atoms with van der Waals surface area (Å²) >= 11 is 0. The second kappa shape index (κ2) is 4.25.